The molecule has 0 radical (unpaired) electrons. The SMILES string of the molecule is O=C(NC(c1ccccc1)c1ccc2c(c1)COCC2)c1ccc(C(F)(F)F)[nH]c1=O. The van der Waals surface area contributed by atoms with Crippen LogP contribution in [0.1, 0.15) is 44.3 Å². The first-order chi connectivity index (χ1) is 14.8. The number of benzene rings is 2. The Morgan fingerprint density at radius 3 is 2.48 bits per heavy atom. The number of aromatic amines is 1. The van der Waals surface area contributed by atoms with Gasteiger partial charge < -0.3 is 15.0 Å². The van der Waals surface area contributed by atoms with Gasteiger partial charge in [0.05, 0.1) is 19.3 Å². The van der Waals surface area contributed by atoms with Crippen molar-refractivity contribution in [1.82, 2.24) is 10.3 Å². The number of rotatable bonds is 4. The molecule has 1 unspecified atom stereocenters. The number of aromatic nitrogens is 1. The molecule has 3 aromatic rings. The Morgan fingerprint density at radius 2 is 1.77 bits per heavy atom. The first kappa shape index (κ1) is 20.9. The average Bonchev–Trinajstić information content (AvgIpc) is 2.77. The number of alkyl halides is 3. The van der Waals surface area contributed by atoms with Gasteiger partial charge in [0.15, 0.2) is 0 Å². The minimum atomic E-state index is -4.70. The van der Waals surface area contributed by atoms with E-state index in [-0.39, 0.29) is 0 Å². The molecule has 2 aromatic carbocycles. The van der Waals surface area contributed by atoms with E-state index in [1.165, 1.54) is 5.56 Å². The number of fused-ring (bicyclic) bond motifs is 1. The predicted molar refractivity (Wildman–Crippen MR) is 108 cm³/mol. The number of hydrogen-bond donors (Lipinski definition) is 2. The summed E-state index contributed by atoms with van der Waals surface area (Å²) in [6, 6.07) is 16.0. The maximum Gasteiger partial charge on any atom is 0.431 e. The van der Waals surface area contributed by atoms with Gasteiger partial charge >= 0.3 is 6.18 Å². The Bertz CT molecular complexity index is 1160. The molecule has 0 fully saturated rings. The highest BCUT2D eigenvalue weighted by atomic mass is 19.4. The summed E-state index contributed by atoms with van der Waals surface area (Å²) >= 11 is 0. The van der Waals surface area contributed by atoms with E-state index in [1.54, 1.807) is 4.98 Å². The lowest BCUT2D eigenvalue weighted by molar-refractivity contribution is -0.141. The normalized spacial score (nSPS) is 14.5. The molecular weight excluding hydrogens is 409 g/mol. The lowest BCUT2D eigenvalue weighted by Gasteiger charge is -2.23. The molecule has 0 saturated heterocycles. The monoisotopic (exact) mass is 428 g/mol. The van der Waals surface area contributed by atoms with E-state index >= 15 is 0 Å². The summed E-state index contributed by atoms with van der Waals surface area (Å²) in [5, 5.41) is 2.79. The first-order valence-corrected chi connectivity index (χ1v) is 9.69. The van der Waals surface area contributed by atoms with Gasteiger partial charge in [0, 0.05) is 0 Å². The molecule has 2 N–H and O–H groups in total. The molecule has 0 aliphatic carbocycles. The van der Waals surface area contributed by atoms with Gasteiger partial charge in [-0.25, -0.2) is 0 Å². The average molecular weight is 428 g/mol. The second-order valence-electron chi connectivity index (χ2n) is 7.26. The summed E-state index contributed by atoms with van der Waals surface area (Å²) in [4.78, 5) is 26.7. The molecule has 31 heavy (non-hydrogen) atoms. The second-order valence-corrected chi connectivity index (χ2v) is 7.26. The standard InChI is InChI=1S/C23H19F3N2O3/c24-23(25,26)19-9-8-18(21(29)27-19)22(30)28-20(15-4-2-1-3-5-15)16-7-6-14-10-11-31-13-17(14)12-16/h1-9,12,20H,10-11,13H2,(H,27,29)(H,28,30). The molecule has 1 atom stereocenters. The van der Waals surface area contributed by atoms with Crippen LogP contribution in [0.2, 0.25) is 0 Å². The molecule has 1 aliphatic heterocycles. The van der Waals surface area contributed by atoms with Crippen molar-refractivity contribution in [3.05, 3.63) is 105 Å². The summed E-state index contributed by atoms with van der Waals surface area (Å²) < 4.78 is 43.9. The zero-order chi connectivity index (χ0) is 22.0. The molecule has 8 heteroatoms. The van der Waals surface area contributed by atoms with Gasteiger partial charge in [0.25, 0.3) is 11.5 Å². The van der Waals surface area contributed by atoms with Crippen molar-refractivity contribution >= 4 is 5.91 Å². The van der Waals surface area contributed by atoms with Crippen LogP contribution in [-0.2, 0) is 23.9 Å². The molecule has 1 aliphatic rings. The quantitative estimate of drug-likeness (QED) is 0.660. The van der Waals surface area contributed by atoms with Gasteiger partial charge in [0.1, 0.15) is 11.3 Å². The van der Waals surface area contributed by atoms with E-state index in [0.29, 0.717) is 19.3 Å². The predicted octanol–water partition coefficient (Wildman–Crippen LogP) is 3.99. The number of pyridine rings is 1. The summed E-state index contributed by atoms with van der Waals surface area (Å²) in [5.74, 6) is -0.766. The van der Waals surface area contributed by atoms with E-state index in [9.17, 15) is 22.8 Å². The number of carbonyl (C=O) groups is 1. The van der Waals surface area contributed by atoms with E-state index in [0.717, 1.165) is 29.2 Å². The molecule has 4 rings (SSSR count). The Kier molecular flexibility index (Phi) is 5.65. The summed E-state index contributed by atoms with van der Waals surface area (Å²) in [5.41, 5.74) is 1.05. The van der Waals surface area contributed by atoms with E-state index in [4.69, 9.17) is 4.74 Å². The van der Waals surface area contributed by atoms with Crippen LogP contribution in [0.25, 0.3) is 0 Å². The Labute approximate surface area is 175 Å². The van der Waals surface area contributed by atoms with Gasteiger partial charge in [-0.1, -0.05) is 48.5 Å². The van der Waals surface area contributed by atoms with Crippen molar-refractivity contribution in [3.8, 4) is 0 Å². The summed E-state index contributed by atoms with van der Waals surface area (Å²) in [7, 11) is 0. The van der Waals surface area contributed by atoms with Crippen molar-refractivity contribution < 1.29 is 22.7 Å². The first-order valence-electron chi connectivity index (χ1n) is 9.69. The van der Waals surface area contributed by atoms with E-state index < -0.39 is 34.9 Å². The lowest BCUT2D eigenvalue weighted by Crippen LogP contribution is -2.34. The molecule has 0 saturated carbocycles. The summed E-state index contributed by atoms with van der Waals surface area (Å²) in [6.45, 7) is 1.12. The molecule has 0 bridgehead atoms. The number of H-pyrrole nitrogens is 1. The van der Waals surface area contributed by atoms with Crippen molar-refractivity contribution in [2.24, 2.45) is 0 Å². The Balaban J connectivity index is 1.68. The minimum Gasteiger partial charge on any atom is -0.376 e. The molecule has 2 heterocycles. The molecule has 160 valence electrons. The van der Waals surface area contributed by atoms with E-state index in [1.807, 2.05) is 48.5 Å². The zero-order valence-corrected chi connectivity index (χ0v) is 16.3. The molecule has 1 amide bonds. The maximum atomic E-state index is 12.8. The third-order valence-corrected chi connectivity index (χ3v) is 5.20. The fraction of sp³-hybridized carbons (Fsp3) is 0.217. The van der Waals surface area contributed by atoms with Crippen LogP contribution in [0.15, 0.2) is 65.5 Å². The lowest BCUT2D eigenvalue weighted by atomic mass is 9.93. The molecular formula is C23H19F3N2O3. The third kappa shape index (κ3) is 4.54. The number of hydrogen-bond acceptors (Lipinski definition) is 3. The van der Waals surface area contributed by atoms with Crippen LogP contribution in [0.4, 0.5) is 13.2 Å². The number of halogens is 3. The van der Waals surface area contributed by atoms with Crippen LogP contribution in [-0.4, -0.2) is 17.5 Å². The maximum absolute atomic E-state index is 12.8. The van der Waals surface area contributed by atoms with Gasteiger partial charge in [-0.05, 0) is 40.8 Å². The zero-order valence-electron chi connectivity index (χ0n) is 16.3. The largest absolute Gasteiger partial charge is 0.431 e. The van der Waals surface area contributed by atoms with Crippen LogP contribution in [0, 0.1) is 0 Å². The highest BCUT2D eigenvalue weighted by Gasteiger charge is 2.32. The van der Waals surface area contributed by atoms with Crippen LogP contribution in [0.5, 0.6) is 0 Å². The molecule has 1 aromatic heterocycles. The Hall–Kier alpha value is -3.39. The van der Waals surface area contributed by atoms with Crippen LogP contribution in [0.3, 0.4) is 0 Å². The van der Waals surface area contributed by atoms with Crippen molar-refractivity contribution in [1.29, 1.82) is 0 Å². The van der Waals surface area contributed by atoms with E-state index in [2.05, 4.69) is 5.32 Å². The fourth-order valence-corrected chi connectivity index (χ4v) is 3.60. The van der Waals surface area contributed by atoms with Crippen LogP contribution < -0.4 is 10.9 Å². The number of amides is 1. The van der Waals surface area contributed by atoms with Gasteiger partial charge in [0.2, 0.25) is 0 Å². The van der Waals surface area contributed by atoms with Crippen LogP contribution >= 0.6 is 0 Å². The number of carbonyl (C=O) groups excluding carboxylic acids is 1. The van der Waals surface area contributed by atoms with Gasteiger partial charge in [-0.15, -0.1) is 0 Å². The van der Waals surface area contributed by atoms with Crippen molar-refractivity contribution in [3.63, 3.8) is 0 Å². The van der Waals surface area contributed by atoms with Gasteiger partial charge in [-0.2, -0.15) is 13.2 Å². The Morgan fingerprint density at radius 1 is 1.00 bits per heavy atom. The van der Waals surface area contributed by atoms with Gasteiger partial charge in [-0.3, -0.25) is 9.59 Å². The third-order valence-electron chi connectivity index (χ3n) is 5.20. The molecule has 0 spiro atoms. The smallest absolute Gasteiger partial charge is 0.376 e. The minimum absolute atomic E-state index is 0.393. The number of ether oxygens (including phenoxy) is 1. The highest BCUT2D eigenvalue weighted by Crippen LogP contribution is 2.28. The highest BCUT2D eigenvalue weighted by molar-refractivity contribution is 5.94. The molecule has 5 nitrogen and oxygen atoms in total. The number of nitrogens with one attached hydrogen (secondary N) is 2. The fourth-order valence-electron chi connectivity index (χ4n) is 3.60. The van der Waals surface area contributed by atoms with Crippen molar-refractivity contribution in [2.45, 2.75) is 25.2 Å². The van der Waals surface area contributed by atoms with Crippen molar-refractivity contribution in [2.75, 3.05) is 6.61 Å². The topological polar surface area (TPSA) is 71.2 Å². The summed E-state index contributed by atoms with van der Waals surface area (Å²) in [6.07, 6.45) is -3.90. The second kappa shape index (κ2) is 8.39.